The Morgan fingerprint density at radius 3 is 3.00 bits per heavy atom. The Labute approximate surface area is 81.1 Å². The van der Waals surface area contributed by atoms with Crippen LogP contribution in [0.2, 0.25) is 0 Å². The van der Waals surface area contributed by atoms with E-state index >= 15 is 0 Å². The Bertz CT molecular complexity index is 488. The predicted octanol–water partition coefficient (Wildman–Crippen LogP) is 1.46. The number of rotatable bonds is 2. The van der Waals surface area contributed by atoms with Crippen molar-refractivity contribution in [2.24, 2.45) is 0 Å². The third-order valence-corrected chi connectivity index (χ3v) is 2.17. The van der Waals surface area contributed by atoms with E-state index in [2.05, 4.69) is 4.98 Å². The van der Waals surface area contributed by atoms with Gasteiger partial charge in [0.05, 0.1) is 12.8 Å². The van der Waals surface area contributed by atoms with Crippen molar-refractivity contribution in [2.45, 2.75) is 6.92 Å². The molecule has 0 aliphatic rings. The first kappa shape index (κ1) is 8.74. The van der Waals surface area contributed by atoms with Crippen LogP contribution in [0.15, 0.2) is 18.3 Å². The largest absolute Gasteiger partial charge is 0.497 e. The summed E-state index contributed by atoms with van der Waals surface area (Å²) in [4.78, 5) is 15.0. The summed E-state index contributed by atoms with van der Waals surface area (Å²) >= 11 is 0. The van der Waals surface area contributed by atoms with Gasteiger partial charge in [0.1, 0.15) is 17.1 Å². The molecular weight excluding hydrogens is 180 g/mol. The molecule has 4 heteroatoms. The number of aryl methyl sites for hydroxylation is 1. The second kappa shape index (κ2) is 3.14. The number of hydrogen-bond acceptors (Lipinski definition) is 3. The van der Waals surface area contributed by atoms with E-state index in [1.165, 1.54) is 0 Å². The van der Waals surface area contributed by atoms with Gasteiger partial charge in [-0.3, -0.25) is 9.20 Å². The van der Waals surface area contributed by atoms with Gasteiger partial charge in [-0.2, -0.15) is 0 Å². The third-order valence-electron chi connectivity index (χ3n) is 2.17. The van der Waals surface area contributed by atoms with E-state index in [4.69, 9.17) is 4.74 Å². The Kier molecular flexibility index (Phi) is 1.96. The van der Waals surface area contributed by atoms with E-state index in [1.54, 1.807) is 29.8 Å². The molecule has 14 heavy (non-hydrogen) atoms. The summed E-state index contributed by atoms with van der Waals surface area (Å²) in [5.74, 6) is 0.736. The minimum atomic E-state index is 0.586. The summed E-state index contributed by atoms with van der Waals surface area (Å²) < 4.78 is 6.80. The fourth-order valence-corrected chi connectivity index (χ4v) is 1.43. The molecule has 0 unspecified atom stereocenters. The number of carbonyl (C=O) groups is 1. The topological polar surface area (TPSA) is 43.6 Å². The normalized spacial score (nSPS) is 10.4. The molecular formula is C10H10N2O2. The maximum atomic E-state index is 10.8. The molecule has 2 heterocycles. The quantitative estimate of drug-likeness (QED) is 0.673. The zero-order valence-corrected chi connectivity index (χ0v) is 8.02. The van der Waals surface area contributed by atoms with Crippen molar-refractivity contribution in [3.05, 3.63) is 29.7 Å². The summed E-state index contributed by atoms with van der Waals surface area (Å²) in [6.07, 6.45) is 2.58. The number of carbonyl (C=O) groups excluding carboxylic acids is 1. The zero-order chi connectivity index (χ0) is 10.1. The molecule has 4 nitrogen and oxygen atoms in total. The first-order valence-corrected chi connectivity index (χ1v) is 4.24. The summed E-state index contributed by atoms with van der Waals surface area (Å²) in [6.45, 7) is 1.81. The Morgan fingerprint density at radius 2 is 2.36 bits per heavy atom. The minimum Gasteiger partial charge on any atom is -0.497 e. The van der Waals surface area contributed by atoms with Crippen LogP contribution in [0.5, 0.6) is 5.75 Å². The molecule has 0 aromatic carbocycles. The molecule has 0 spiro atoms. The minimum absolute atomic E-state index is 0.586. The van der Waals surface area contributed by atoms with Gasteiger partial charge in [-0.15, -0.1) is 0 Å². The first-order valence-electron chi connectivity index (χ1n) is 4.24. The molecule has 0 aliphatic carbocycles. The molecule has 2 rings (SSSR count). The fraction of sp³-hybridized carbons (Fsp3) is 0.200. The SMILES string of the molecule is COc1ccn2c(C=O)c(C)nc2c1. The summed E-state index contributed by atoms with van der Waals surface area (Å²) in [5, 5.41) is 0. The van der Waals surface area contributed by atoms with Gasteiger partial charge in [0.15, 0.2) is 6.29 Å². The second-order valence-corrected chi connectivity index (χ2v) is 3.00. The van der Waals surface area contributed by atoms with Gasteiger partial charge in [0, 0.05) is 12.3 Å². The average molecular weight is 190 g/mol. The maximum Gasteiger partial charge on any atom is 0.168 e. The molecule has 0 aliphatic heterocycles. The standard InChI is InChI=1S/C10H10N2O2/c1-7-9(6-13)12-4-3-8(14-2)5-10(12)11-7/h3-6H,1-2H3. The van der Waals surface area contributed by atoms with Crippen molar-refractivity contribution < 1.29 is 9.53 Å². The van der Waals surface area contributed by atoms with Crippen LogP contribution in [0.1, 0.15) is 16.2 Å². The lowest BCUT2D eigenvalue weighted by molar-refractivity contribution is 0.111. The van der Waals surface area contributed by atoms with Gasteiger partial charge in [0.25, 0.3) is 0 Å². The van der Waals surface area contributed by atoms with Gasteiger partial charge < -0.3 is 4.74 Å². The van der Waals surface area contributed by atoms with Gasteiger partial charge in [0.2, 0.25) is 0 Å². The highest BCUT2D eigenvalue weighted by Crippen LogP contribution is 2.16. The van der Waals surface area contributed by atoms with Crippen LogP contribution in [0.4, 0.5) is 0 Å². The third kappa shape index (κ3) is 1.16. The van der Waals surface area contributed by atoms with Crippen molar-refractivity contribution >= 4 is 11.9 Å². The number of aromatic nitrogens is 2. The highest BCUT2D eigenvalue weighted by Gasteiger charge is 2.07. The van der Waals surface area contributed by atoms with Crippen LogP contribution in [-0.4, -0.2) is 22.8 Å². The summed E-state index contributed by atoms with van der Waals surface area (Å²) in [5.41, 5.74) is 2.04. The molecule has 0 N–H and O–H groups in total. The molecule has 0 saturated carbocycles. The second-order valence-electron chi connectivity index (χ2n) is 3.00. The smallest absolute Gasteiger partial charge is 0.168 e. The van der Waals surface area contributed by atoms with Crippen LogP contribution in [0, 0.1) is 6.92 Å². The highest BCUT2D eigenvalue weighted by atomic mass is 16.5. The van der Waals surface area contributed by atoms with E-state index in [-0.39, 0.29) is 0 Å². The number of hydrogen-bond donors (Lipinski definition) is 0. The van der Waals surface area contributed by atoms with E-state index in [1.807, 2.05) is 6.92 Å². The maximum absolute atomic E-state index is 10.8. The van der Waals surface area contributed by atoms with Crippen molar-refractivity contribution in [1.29, 1.82) is 0 Å². The van der Waals surface area contributed by atoms with E-state index in [0.717, 1.165) is 23.4 Å². The number of fused-ring (bicyclic) bond motifs is 1. The van der Waals surface area contributed by atoms with Crippen LogP contribution in [0.25, 0.3) is 5.65 Å². The van der Waals surface area contributed by atoms with Crippen molar-refractivity contribution in [3.63, 3.8) is 0 Å². The van der Waals surface area contributed by atoms with Crippen LogP contribution < -0.4 is 4.74 Å². The molecule has 0 saturated heterocycles. The molecule has 0 fully saturated rings. The number of aldehydes is 1. The van der Waals surface area contributed by atoms with Crippen LogP contribution in [0.3, 0.4) is 0 Å². The van der Waals surface area contributed by atoms with E-state index in [9.17, 15) is 4.79 Å². The zero-order valence-electron chi connectivity index (χ0n) is 8.02. The first-order chi connectivity index (χ1) is 6.76. The molecule has 0 bridgehead atoms. The molecule has 2 aromatic heterocycles. The Morgan fingerprint density at radius 1 is 1.57 bits per heavy atom. The number of nitrogens with zero attached hydrogens (tertiary/aromatic N) is 2. The lowest BCUT2D eigenvalue weighted by Gasteiger charge is -1.99. The van der Waals surface area contributed by atoms with Gasteiger partial charge in [-0.25, -0.2) is 4.98 Å². The number of methoxy groups -OCH3 is 1. The summed E-state index contributed by atoms with van der Waals surface area (Å²) in [6, 6.07) is 3.58. The molecule has 2 aromatic rings. The lowest BCUT2D eigenvalue weighted by atomic mass is 10.4. The van der Waals surface area contributed by atoms with Gasteiger partial charge in [-0.1, -0.05) is 0 Å². The highest BCUT2D eigenvalue weighted by molar-refractivity contribution is 5.76. The Balaban J connectivity index is 2.74. The number of pyridine rings is 1. The van der Waals surface area contributed by atoms with Crippen LogP contribution in [-0.2, 0) is 0 Å². The molecule has 72 valence electrons. The van der Waals surface area contributed by atoms with Crippen molar-refractivity contribution in [3.8, 4) is 5.75 Å². The Hall–Kier alpha value is -1.84. The predicted molar refractivity (Wildman–Crippen MR) is 51.9 cm³/mol. The lowest BCUT2D eigenvalue weighted by Crippen LogP contribution is -1.92. The monoisotopic (exact) mass is 190 g/mol. The fourth-order valence-electron chi connectivity index (χ4n) is 1.43. The molecule has 0 radical (unpaired) electrons. The van der Waals surface area contributed by atoms with Crippen LogP contribution >= 0.6 is 0 Å². The molecule has 0 atom stereocenters. The van der Waals surface area contributed by atoms with E-state index in [0.29, 0.717) is 5.69 Å². The van der Waals surface area contributed by atoms with Gasteiger partial charge >= 0.3 is 0 Å². The van der Waals surface area contributed by atoms with Crippen molar-refractivity contribution in [2.75, 3.05) is 7.11 Å². The van der Waals surface area contributed by atoms with Crippen molar-refractivity contribution in [1.82, 2.24) is 9.38 Å². The summed E-state index contributed by atoms with van der Waals surface area (Å²) in [7, 11) is 1.60. The van der Waals surface area contributed by atoms with E-state index < -0.39 is 0 Å². The molecule has 0 amide bonds. The average Bonchev–Trinajstić information content (AvgIpc) is 2.51. The van der Waals surface area contributed by atoms with Gasteiger partial charge in [-0.05, 0) is 13.0 Å². The number of imidazole rings is 1. The number of ether oxygens (including phenoxy) is 1.